The van der Waals surface area contributed by atoms with Gasteiger partial charge in [0.1, 0.15) is 18.4 Å². The molecule has 0 amide bonds. The number of hydrogen-bond acceptors (Lipinski definition) is 6. The van der Waals surface area contributed by atoms with E-state index in [0.717, 1.165) is 44.0 Å². The van der Waals surface area contributed by atoms with Gasteiger partial charge in [-0.3, -0.25) is 15.0 Å². The van der Waals surface area contributed by atoms with E-state index in [9.17, 15) is 10.1 Å². The second-order valence-electron chi connectivity index (χ2n) is 7.16. The number of nitrogens with zero attached hydrogens (tertiary/aromatic N) is 2. The van der Waals surface area contributed by atoms with Crippen LogP contribution in [0.1, 0.15) is 12.8 Å². The van der Waals surface area contributed by atoms with Crippen LogP contribution in [0.25, 0.3) is 0 Å². The van der Waals surface area contributed by atoms with Gasteiger partial charge in [-0.15, -0.1) is 0 Å². The Bertz CT molecular complexity index is 863. The fraction of sp³-hybridized carbons (Fsp3) is 0.400. The van der Waals surface area contributed by atoms with Gasteiger partial charge in [0, 0.05) is 30.2 Å². The first-order valence-corrected chi connectivity index (χ1v) is 9.77. The Morgan fingerprint density at radius 2 is 2.07 bits per heavy atom. The molecular weight excluding hydrogens is 382 g/mol. The van der Waals surface area contributed by atoms with E-state index in [1.54, 1.807) is 12.1 Å². The number of halogens is 1. The Kier molecular flexibility index (Phi) is 5.54. The molecule has 8 heteroatoms. The number of likely N-dealkylation sites (tertiary alicyclic amines) is 1. The molecule has 1 saturated heterocycles. The Hall–Kier alpha value is -2.51. The van der Waals surface area contributed by atoms with Crippen LogP contribution in [0.4, 0.5) is 11.4 Å². The van der Waals surface area contributed by atoms with E-state index in [1.807, 2.05) is 24.3 Å². The van der Waals surface area contributed by atoms with E-state index in [1.165, 1.54) is 6.07 Å². The molecule has 1 fully saturated rings. The molecule has 2 aliphatic heterocycles. The molecule has 148 valence electrons. The minimum atomic E-state index is -0.403. The number of anilines is 1. The first kappa shape index (κ1) is 18.8. The Morgan fingerprint density at radius 1 is 1.25 bits per heavy atom. The van der Waals surface area contributed by atoms with Crippen molar-refractivity contribution in [1.82, 2.24) is 4.90 Å². The minimum absolute atomic E-state index is 0.00486. The summed E-state index contributed by atoms with van der Waals surface area (Å²) in [4.78, 5) is 13.2. The van der Waals surface area contributed by atoms with E-state index in [2.05, 4.69) is 10.2 Å². The van der Waals surface area contributed by atoms with Gasteiger partial charge in [-0.2, -0.15) is 0 Å². The Balaban J connectivity index is 1.37. The zero-order valence-corrected chi connectivity index (χ0v) is 16.1. The van der Waals surface area contributed by atoms with Crippen LogP contribution in [0.3, 0.4) is 0 Å². The molecule has 28 heavy (non-hydrogen) atoms. The van der Waals surface area contributed by atoms with Crippen molar-refractivity contribution in [2.24, 2.45) is 0 Å². The molecule has 0 radical (unpaired) electrons. The lowest BCUT2D eigenvalue weighted by Crippen LogP contribution is -2.48. The lowest BCUT2D eigenvalue weighted by atomic mass is 10.0. The lowest BCUT2D eigenvalue weighted by Gasteiger charge is -2.36. The van der Waals surface area contributed by atoms with Crippen LogP contribution in [-0.4, -0.2) is 48.2 Å². The summed E-state index contributed by atoms with van der Waals surface area (Å²) in [5, 5.41) is 15.0. The molecule has 2 aromatic rings. The number of ether oxygens (including phenoxy) is 2. The maximum Gasteiger partial charge on any atom is 0.293 e. The summed E-state index contributed by atoms with van der Waals surface area (Å²) in [6, 6.07) is 12.5. The van der Waals surface area contributed by atoms with Crippen LogP contribution in [0.2, 0.25) is 5.02 Å². The number of nitrogens with one attached hydrogen (secondary N) is 1. The monoisotopic (exact) mass is 403 g/mol. The predicted molar refractivity (Wildman–Crippen MR) is 108 cm³/mol. The lowest BCUT2D eigenvalue weighted by molar-refractivity contribution is -0.384. The topological polar surface area (TPSA) is 76.9 Å². The van der Waals surface area contributed by atoms with Crippen LogP contribution in [0, 0.1) is 10.1 Å². The highest BCUT2D eigenvalue weighted by Crippen LogP contribution is 2.32. The minimum Gasteiger partial charge on any atom is -0.486 e. The Labute approximate surface area is 168 Å². The summed E-state index contributed by atoms with van der Waals surface area (Å²) >= 11 is 5.91. The van der Waals surface area contributed by atoms with Gasteiger partial charge in [0.25, 0.3) is 5.69 Å². The van der Waals surface area contributed by atoms with Gasteiger partial charge >= 0.3 is 0 Å². The van der Waals surface area contributed by atoms with Crippen molar-refractivity contribution in [1.29, 1.82) is 0 Å². The van der Waals surface area contributed by atoms with Gasteiger partial charge in [-0.1, -0.05) is 23.7 Å². The number of benzene rings is 2. The van der Waals surface area contributed by atoms with E-state index in [-0.39, 0.29) is 17.8 Å². The summed E-state index contributed by atoms with van der Waals surface area (Å²) in [7, 11) is 0. The third-order valence-electron chi connectivity index (χ3n) is 5.05. The summed E-state index contributed by atoms with van der Waals surface area (Å²) in [6.07, 6.45) is 1.95. The van der Waals surface area contributed by atoms with Gasteiger partial charge in [-0.25, -0.2) is 0 Å². The standard InChI is InChI=1S/C20H22ClN3O4/c21-14-7-8-17(18(10-14)24(25)26)22-15-4-3-9-23(11-15)12-16-13-27-19-5-1-2-6-20(19)28-16/h1-2,5-8,10,15-16,22H,3-4,9,11-13H2. The number of rotatable bonds is 5. The van der Waals surface area contributed by atoms with Crippen molar-refractivity contribution in [2.75, 3.05) is 31.6 Å². The first-order chi connectivity index (χ1) is 13.6. The van der Waals surface area contributed by atoms with Crippen LogP contribution in [0.5, 0.6) is 11.5 Å². The van der Waals surface area contributed by atoms with Gasteiger partial charge in [0.05, 0.1) is 4.92 Å². The number of fused-ring (bicyclic) bond motifs is 1. The fourth-order valence-electron chi connectivity index (χ4n) is 3.78. The van der Waals surface area contributed by atoms with Crippen molar-refractivity contribution in [3.05, 3.63) is 57.6 Å². The number of hydrogen-bond donors (Lipinski definition) is 1. The highest BCUT2D eigenvalue weighted by Gasteiger charge is 2.27. The van der Waals surface area contributed by atoms with Crippen molar-refractivity contribution in [2.45, 2.75) is 25.0 Å². The highest BCUT2D eigenvalue weighted by molar-refractivity contribution is 6.30. The zero-order valence-electron chi connectivity index (χ0n) is 15.3. The fourth-order valence-corrected chi connectivity index (χ4v) is 3.94. The van der Waals surface area contributed by atoms with E-state index in [0.29, 0.717) is 17.3 Å². The molecule has 7 nitrogen and oxygen atoms in total. The maximum atomic E-state index is 11.3. The first-order valence-electron chi connectivity index (χ1n) is 9.40. The molecular formula is C20H22ClN3O4. The van der Waals surface area contributed by atoms with Crippen molar-refractivity contribution in [3.63, 3.8) is 0 Å². The van der Waals surface area contributed by atoms with Gasteiger partial charge in [-0.05, 0) is 43.7 Å². The van der Waals surface area contributed by atoms with E-state index >= 15 is 0 Å². The largest absolute Gasteiger partial charge is 0.486 e. The second kappa shape index (κ2) is 8.24. The average Bonchev–Trinajstić information content (AvgIpc) is 2.69. The summed E-state index contributed by atoms with van der Waals surface area (Å²) < 4.78 is 11.9. The third kappa shape index (κ3) is 4.31. The molecule has 0 bridgehead atoms. The number of nitro groups is 1. The van der Waals surface area contributed by atoms with Crippen LogP contribution >= 0.6 is 11.6 Å². The molecule has 0 aliphatic carbocycles. The van der Waals surface area contributed by atoms with E-state index < -0.39 is 4.92 Å². The SMILES string of the molecule is O=[N+]([O-])c1cc(Cl)ccc1NC1CCCN(CC2COc3ccccc3O2)C1. The second-order valence-corrected chi connectivity index (χ2v) is 7.60. The number of para-hydroxylation sites is 2. The molecule has 2 aliphatic rings. The van der Waals surface area contributed by atoms with Gasteiger partial charge < -0.3 is 14.8 Å². The Morgan fingerprint density at radius 3 is 2.89 bits per heavy atom. The third-order valence-corrected chi connectivity index (χ3v) is 5.29. The predicted octanol–water partition coefficient (Wildman–Crippen LogP) is 3.96. The smallest absolute Gasteiger partial charge is 0.293 e. The van der Waals surface area contributed by atoms with Gasteiger partial charge in [0.15, 0.2) is 11.5 Å². The molecule has 1 N–H and O–H groups in total. The molecule has 0 saturated carbocycles. The van der Waals surface area contributed by atoms with Crippen molar-refractivity contribution in [3.8, 4) is 11.5 Å². The van der Waals surface area contributed by atoms with Gasteiger partial charge in [0.2, 0.25) is 0 Å². The quantitative estimate of drug-likeness (QED) is 0.601. The molecule has 4 rings (SSSR count). The molecule has 2 aromatic carbocycles. The van der Waals surface area contributed by atoms with Crippen molar-refractivity contribution >= 4 is 23.0 Å². The van der Waals surface area contributed by atoms with Crippen LogP contribution in [-0.2, 0) is 0 Å². The zero-order chi connectivity index (χ0) is 19.5. The summed E-state index contributed by atoms with van der Waals surface area (Å²) in [6.45, 7) is 3.05. The van der Waals surface area contributed by atoms with E-state index in [4.69, 9.17) is 21.1 Å². The normalized spacial score (nSPS) is 21.9. The summed E-state index contributed by atoms with van der Waals surface area (Å²) in [5.74, 6) is 1.56. The molecule has 0 spiro atoms. The van der Waals surface area contributed by atoms with Crippen LogP contribution in [0.15, 0.2) is 42.5 Å². The average molecular weight is 404 g/mol. The molecule has 0 aromatic heterocycles. The van der Waals surface area contributed by atoms with Crippen LogP contribution < -0.4 is 14.8 Å². The molecule has 2 atom stereocenters. The maximum absolute atomic E-state index is 11.3. The number of nitro benzene ring substituents is 1. The highest BCUT2D eigenvalue weighted by atomic mass is 35.5. The molecule has 2 unspecified atom stereocenters. The molecule has 2 heterocycles. The van der Waals surface area contributed by atoms with Crippen molar-refractivity contribution < 1.29 is 14.4 Å². The summed E-state index contributed by atoms with van der Waals surface area (Å²) in [5.41, 5.74) is 0.512. The number of piperidine rings is 1.